The smallest absolute Gasteiger partial charge is 0.258 e. The molecule has 0 unspecified atom stereocenters. The van der Waals surface area contributed by atoms with Crippen LogP contribution in [0, 0.1) is 0 Å². The summed E-state index contributed by atoms with van der Waals surface area (Å²) >= 11 is 0. The van der Waals surface area contributed by atoms with E-state index >= 15 is 0 Å². The highest BCUT2D eigenvalue weighted by atomic mass is 16.3. The van der Waals surface area contributed by atoms with Crippen LogP contribution >= 0.6 is 0 Å². The van der Waals surface area contributed by atoms with Crippen LogP contribution < -0.4 is 11.1 Å². The van der Waals surface area contributed by atoms with Gasteiger partial charge in [0.25, 0.3) is 5.91 Å². The molecule has 1 aromatic heterocycles. The molecule has 5 nitrogen and oxygen atoms in total. The minimum atomic E-state index is -0.182. The minimum Gasteiger partial charge on any atom is -0.467 e. The number of amides is 1. The van der Waals surface area contributed by atoms with E-state index < -0.39 is 0 Å². The fraction of sp³-hybridized carbons (Fsp3) is 0.389. The zero-order chi connectivity index (χ0) is 16.1. The molecule has 1 amide bonds. The maximum atomic E-state index is 12.1. The Morgan fingerprint density at radius 2 is 1.96 bits per heavy atom. The Labute approximate surface area is 136 Å². The number of furan rings is 1. The lowest BCUT2D eigenvalue weighted by molar-refractivity contribution is 0.102. The number of benzene rings is 1. The van der Waals surface area contributed by atoms with E-state index in [-0.39, 0.29) is 5.91 Å². The highest BCUT2D eigenvalue weighted by Gasteiger charge is 2.12. The van der Waals surface area contributed by atoms with Gasteiger partial charge in [0.15, 0.2) is 0 Å². The SMILES string of the molecule is NCc1cc(C(=O)Nc2ccc(CCN3CCCC3)cc2)co1. The average Bonchev–Trinajstić information content (AvgIpc) is 3.25. The van der Waals surface area contributed by atoms with Gasteiger partial charge in [0.2, 0.25) is 0 Å². The van der Waals surface area contributed by atoms with Gasteiger partial charge in [0.1, 0.15) is 12.0 Å². The molecule has 1 aliphatic heterocycles. The van der Waals surface area contributed by atoms with E-state index in [0.717, 1.165) is 18.7 Å². The number of carbonyl (C=O) groups is 1. The normalized spacial score (nSPS) is 15.0. The van der Waals surface area contributed by atoms with Crippen LogP contribution in [-0.4, -0.2) is 30.4 Å². The predicted octanol–water partition coefficient (Wildman–Crippen LogP) is 2.63. The van der Waals surface area contributed by atoms with Crippen molar-refractivity contribution in [2.24, 2.45) is 5.73 Å². The van der Waals surface area contributed by atoms with Crippen LogP contribution in [0.15, 0.2) is 41.0 Å². The summed E-state index contributed by atoms with van der Waals surface area (Å²) in [6, 6.07) is 9.71. The van der Waals surface area contributed by atoms with Crippen molar-refractivity contribution in [1.29, 1.82) is 0 Å². The number of hydrogen-bond acceptors (Lipinski definition) is 4. The molecular formula is C18H23N3O2. The number of nitrogens with two attached hydrogens (primary N) is 1. The number of nitrogens with zero attached hydrogens (tertiary/aromatic N) is 1. The van der Waals surface area contributed by atoms with E-state index in [1.54, 1.807) is 6.07 Å². The van der Waals surface area contributed by atoms with Crippen LogP contribution in [0.4, 0.5) is 5.69 Å². The first kappa shape index (κ1) is 15.8. The molecule has 1 saturated heterocycles. The van der Waals surface area contributed by atoms with Crippen LogP contribution in [0.5, 0.6) is 0 Å². The number of nitrogens with one attached hydrogen (secondary N) is 1. The summed E-state index contributed by atoms with van der Waals surface area (Å²) in [7, 11) is 0. The van der Waals surface area contributed by atoms with E-state index in [4.69, 9.17) is 10.2 Å². The molecule has 1 fully saturated rings. The molecule has 0 aliphatic carbocycles. The third-order valence-electron chi connectivity index (χ3n) is 4.24. The van der Waals surface area contributed by atoms with Crippen LogP contribution in [0.3, 0.4) is 0 Å². The lowest BCUT2D eigenvalue weighted by atomic mass is 10.1. The molecule has 3 rings (SSSR count). The quantitative estimate of drug-likeness (QED) is 0.860. The van der Waals surface area contributed by atoms with Gasteiger partial charge < -0.3 is 20.4 Å². The second-order valence-electron chi connectivity index (χ2n) is 5.96. The standard InChI is InChI=1S/C18H23N3O2/c19-12-17-11-15(13-23-17)18(22)20-16-5-3-14(4-6-16)7-10-21-8-1-2-9-21/h3-6,11,13H,1-2,7-10,12,19H2,(H,20,22). The molecule has 0 saturated carbocycles. The maximum absolute atomic E-state index is 12.1. The van der Waals surface area contributed by atoms with Crippen LogP contribution in [0.2, 0.25) is 0 Å². The Morgan fingerprint density at radius 1 is 1.22 bits per heavy atom. The summed E-state index contributed by atoms with van der Waals surface area (Å²) in [5, 5.41) is 2.87. The van der Waals surface area contributed by atoms with Gasteiger partial charge in [-0.1, -0.05) is 12.1 Å². The van der Waals surface area contributed by atoms with E-state index in [2.05, 4.69) is 22.3 Å². The van der Waals surface area contributed by atoms with Crippen LogP contribution in [-0.2, 0) is 13.0 Å². The van der Waals surface area contributed by atoms with Gasteiger partial charge in [-0.15, -0.1) is 0 Å². The molecule has 0 bridgehead atoms. The molecule has 23 heavy (non-hydrogen) atoms. The second-order valence-corrected chi connectivity index (χ2v) is 5.96. The maximum Gasteiger partial charge on any atom is 0.258 e. The van der Waals surface area contributed by atoms with E-state index in [0.29, 0.717) is 17.9 Å². The highest BCUT2D eigenvalue weighted by Crippen LogP contribution is 2.15. The molecule has 1 aromatic carbocycles. The third kappa shape index (κ3) is 4.21. The fourth-order valence-electron chi connectivity index (χ4n) is 2.86. The van der Waals surface area contributed by atoms with Crippen LogP contribution in [0.1, 0.15) is 34.5 Å². The van der Waals surface area contributed by atoms with Crippen molar-refractivity contribution < 1.29 is 9.21 Å². The zero-order valence-corrected chi connectivity index (χ0v) is 13.3. The van der Waals surface area contributed by atoms with Gasteiger partial charge >= 0.3 is 0 Å². The van der Waals surface area contributed by atoms with Gasteiger partial charge in [-0.05, 0) is 56.1 Å². The first-order valence-electron chi connectivity index (χ1n) is 8.15. The Kier molecular flexibility index (Phi) is 5.10. The monoisotopic (exact) mass is 313 g/mol. The third-order valence-corrected chi connectivity index (χ3v) is 4.24. The Bertz CT molecular complexity index is 643. The molecule has 0 atom stereocenters. The van der Waals surface area contributed by atoms with Crippen molar-refractivity contribution in [3.63, 3.8) is 0 Å². The number of likely N-dealkylation sites (tertiary alicyclic amines) is 1. The predicted molar refractivity (Wildman–Crippen MR) is 90.4 cm³/mol. The summed E-state index contributed by atoms with van der Waals surface area (Å²) in [6.45, 7) is 3.86. The largest absolute Gasteiger partial charge is 0.467 e. The number of hydrogen-bond donors (Lipinski definition) is 2. The topological polar surface area (TPSA) is 71.5 Å². The van der Waals surface area contributed by atoms with E-state index in [9.17, 15) is 4.79 Å². The van der Waals surface area contributed by atoms with Crippen molar-refractivity contribution in [2.75, 3.05) is 25.0 Å². The fourth-order valence-corrected chi connectivity index (χ4v) is 2.86. The molecule has 0 spiro atoms. The van der Waals surface area contributed by atoms with Gasteiger partial charge in [-0.2, -0.15) is 0 Å². The van der Waals surface area contributed by atoms with Crippen molar-refractivity contribution in [3.05, 3.63) is 53.5 Å². The summed E-state index contributed by atoms with van der Waals surface area (Å²) in [5.41, 5.74) is 8.05. The zero-order valence-electron chi connectivity index (χ0n) is 13.3. The molecule has 122 valence electrons. The Balaban J connectivity index is 1.53. The summed E-state index contributed by atoms with van der Waals surface area (Å²) in [4.78, 5) is 14.6. The molecule has 2 heterocycles. The molecule has 5 heteroatoms. The Morgan fingerprint density at radius 3 is 2.61 bits per heavy atom. The van der Waals surface area contributed by atoms with E-state index in [1.165, 1.54) is 37.8 Å². The molecule has 1 aliphatic rings. The Hall–Kier alpha value is -2.11. The van der Waals surface area contributed by atoms with E-state index in [1.807, 2.05) is 12.1 Å². The van der Waals surface area contributed by atoms with Gasteiger partial charge in [-0.3, -0.25) is 4.79 Å². The minimum absolute atomic E-state index is 0.182. The van der Waals surface area contributed by atoms with Crippen molar-refractivity contribution in [2.45, 2.75) is 25.8 Å². The molecule has 2 aromatic rings. The number of anilines is 1. The van der Waals surface area contributed by atoms with Gasteiger partial charge in [0.05, 0.1) is 12.1 Å². The molecule has 0 radical (unpaired) electrons. The van der Waals surface area contributed by atoms with Gasteiger partial charge in [-0.25, -0.2) is 0 Å². The van der Waals surface area contributed by atoms with Gasteiger partial charge in [0, 0.05) is 12.2 Å². The van der Waals surface area contributed by atoms with Crippen molar-refractivity contribution >= 4 is 11.6 Å². The summed E-state index contributed by atoms with van der Waals surface area (Å²) in [5.74, 6) is 0.422. The number of rotatable bonds is 6. The first-order valence-corrected chi connectivity index (χ1v) is 8.15. The van der Waals surface area contributed by atoms with Crippen molar-refractivity contribution in [1.82, 2.24) is 4.90 Å². The number of carbonyl (C=O) groups excluding carboxylic acids is 1. The average molecular weight is 313 g/mol. The first-order chi connectivity index (χ1) is 11.2. The summed E-state index contributed by atoms with van der Waals surface area (Å²) in [6.07, 6.45) is 5.13. The van der Waals surface area contributed by atoms with Crippen LogP contribution in [0.25, 0.3) is 0 Å². The molecule has 3 N–H and O–H groups in total. The summed E-state index contributed by atoms with van der Waals surface area (Å²) < 4.78 is 5.18. The van der Waals surface area contributed by atoms with Crippen molar-refractivity contribution in [3.8, 4) is 0 Å². The lowest BCUT2D eigenvalue weighted by Gasteiger charge is -2.14. The lowest BCUT2D eigenvalue weighted by Crippen LogP contribution is -2.21. The molecular weight excluding hydrogens is 290 g/mol. The second kappa shape index (κ2) is 7.44. The highest BCUT2D eigenvalue weighted by molar-refractivity contribution is 6.04.